The molecule has 2 rings (SSSR count). The molecule has 1 N–H and O–H groups in total. The first-order chi connectivity index (χ1) is 7.35. The zero-order chi connectivity index (χ0) is 10.7. The molecule has 0 spiro atoms. The van der Waals surface area contributed by atoms with E-state index in [1.165, 1.54) is 0 Å². The predicted octanol–water partition coefficient (Wildman–Crippen LogP) is 2.78. The molecule has 0 saturated carbocycles. The third-order valence-electron chi connectivity index (χ3n) is 2.45. The Morgan fingerprint density at radius 3 is 3.07 bits per heavy atom. The number of H-pyrrole nitrogens is 1. The van der Waals surface area contributed by atoms with Crippen LogP contribution >= 0.6 is 0 Å². The molecule has 76 valence electrons. The van der Waals surface area contributed by atoms with Gasteiger partial charge in [-0.3, -0.25) is 0 Å². The highest BCUT2D eigenvalue weighted by Gasteiger charge is 2.05. The number of para-hydroxylation sites is 1. The highest BCUT2D eigenvalue weighted by Crippen LogP contribution is 2.16. The monoisotopic (exact) mass is 199 g/mol. The average molecular weight is 199 g/mol. The van der Waals surface area contributed by atoms with Crippen molar-refractivity contribution in [3.05, 3.63) is 29.6 Å². The minimum absolute atomic E-state index is 0.645. The molecule has 0 atom stereocenters. The van der Waals surface area contributed by atoms with E-state index >= 15 is 0 Å². The van der Waals surface area contributed by atoms with Crippen molar-refractivity contribution < 1.29 is 0 Å². The average Bonchev–Trinajstić information content (AvgIpc) is 2.68. The molecular formula is C12H13N3. The smallest absolute Gasteiger partial charge is 0.107 e. The number of imidazole rings is 1. The molecule has 0 amide bonds. The van der Waals surface area contributed by atoms with Gasteiger partial charge >= 0.3 is 0 Å². The van der Waals surface area contributed by atoms with Crippen LogP contribution in [0, 0.1) is 11.3 Å². The fourth-order valence-electron chi connectivity index (χ4n) is 1.64. The minimum atomic E-state index is 0.645. The SMILES string of the molecule is CCCCc1nc2c(C#N)cccc2[nH]1. The molecule has 1 heterocycles. The van der Waals surface area contributed by atoms with E-state index < -0.39 is 0 Å². The lowest BCUT2D eigenvalue weighted by molar-refractivity contribution is 0.765. The van der Waals surface area contributed by atoms with Crippen LogP contribution in [0.15, 0.2) is 18.2 Å². The van der Waals surface area contributed by atoms with Gasteiger partial charge in [0.1, 0.15) is 17.4 Å². The molecule has 15 heavy (non-hydrogen) atoms. The van der Waals surface area contributed by atoms with Gasteiger partial charge in [-0.25, -0.2) is 4.98 Å². The number of unbranched alkanes of at least 4 members (excludes halogenated alkanes) is 1. The summed E-state index contributed by atoms with van der Waals surface area (Å²) in [6, 6.07) is 7.79. The molecular weight excluding hydrogens is 186 g/mol. The number of aryl methyl sites for hydroxylation is 1. The Labute approximate surface area is 88.8 Å². The molecule has 0 saturated heterocycles. The van der Waals surface area contributed by atoms with Gasteiger partial charge in [0.05, 0.1) is 11.1 Å². The van der Waals surface area contributed by atoms with Crippen molar-refractivity contribution >= 4 is 11.0 Å². The summed E-state index contributed by atoms with van der Waals surface area (Å²) in [5.74, 6) is 0.981. The lowest BCUT2D eigenvalue weighted by Crippen LogP contribution is -1.86. The van der Waals surface area contributed by atoms with Crippen LogP contribution in [-0.2, 0) is 6.42 Å². The van der Waals surface area contributed by atoms with E-state index in [4.69, 9.17) is 5.26 Å². The van der Waals surface area contributed by atoms with Crippen LogP contribution in [0.5, 0.6) is 0 Å². The molecule has 1 aromatic heterocycles. The normalized spacial score (nSPS) is 10.4. The van der Waals surface area contributed by atoms with Crippen molar-refractivity contribution in [2.24, 2.45) is 0 Å². The Kier molecular flexibility index (Phi) is 2.68. The van der Waals surface area contributed by atoms with Crippen molar-refractivity contribution in [1.29, 1.82) is 5.26 Å². The van der Waals surface area contributed by atoms with E-state index in [9.17, 15) is 0 Å². The first-order valence-electron chi connectivity index (χ1n) is 5.23. The van der Waals surface area contributed by atoms with Gasteiger partial charge in [0.25, 0.3) is 0 Å². The van der Waals surface area contributed by atoms with Gasteiger partial charge in [0.15, 0.2) is 0 Å². The number of nitrogens with zero attached hydrogens (tertiary/aromatic N) is 2. The van der Waals surface area contributed by atoms with Crippen LogP contribution in [0.2, 0.25) is 0 Å². The first-order valence-corrected chi connectivity index (χ1v) is 5.23. The Bertz CT molecular complexity index is 505. The van der Waals surface area contributed by atoms with Crippen molar-refractivity contribution in [2.45, 2.75) is 26.2 Å². The summed E-state index contributed by atoms with van der Waals surface area (Å²) in [5.41, 5.74) is 2.40. The predicted molar refractivity (Wildman–Crippen MR) is 59.4 cm³/mol. The number of benzene rings is 1. The summed E-state index contributed by atoms with van der Waals surface area (Å²) in [4.78, 5) is 7.69. The quantitative estimate of drug-likeness (QED) is 0.826. The molecule has 0 fully saturated rings. The molecule has 2 aromatic rings. The lowest BCUT2D eigenvalue weighted by Gasteiger charge is -1.90. The molecule has 0 unspecified atom stereocenters. The number of hydrogen-bond acceptors (Lipinski definition) is 2. The Morgan fingerprint density at radius 1 is 1.47 bits per heavy atom. The van der Waals surface area contributed by atoms with Crippen molar-refractivity contribution in [3.8, 4) is 6.07 Å². The number of aromatic nitrogens is 2. The van der Waals surface area contributed by atoms with Gasteiger partial charge in [-0.2, -0.15) is 5.26 Å². The van der Waals surface area contributed by atoms with Crippen LogP contribution in [-0.4, -0.2) is 9.97 Å². The maximum atomic E-state index is 8.92. The number of fused-ring (bicyclic) bond motifs is 1. The van der Waals surface area contributed by atoms with Crippen LogP contribution in [0.25, 0.3) is 11.0 Å². The Hall–Kier alpha value is -1.82. The largest absolute Gasteiger partial charge is 0.342 e. The summed E-state index contributed by atoms with van der Waals surface area (Å²) in [5, 5.41) is 8.92. The van der Waals surface area contributed by atoms with E-state index in [1.54, 1.807) is 6.07 Å². The van der Waals surface area contributed by atoms with E-state index in [0.29, 0.717) is 5.56 Å². The second-order valence-corrected chi connectivity index (χ2v) is 3.60. The van der Waals surface area contributed by atoms with Crippen molar-refractivity contribution in [3.63, 3.8) is 0 Å². The Balaban J connectivity index is 2.42. The zero-order valence-electron chi connectivity index (χ0n) is 8.75. The van der Waals surface area contributed by atoms with Gasteiger partial charge in [0, 0.05) is 6.42 Å². The van der Waals surface area contributed by atoms with Gasteiger partial charge < -0.3 is 4.98 Å². The molecule has 0 aliphatic rings. The molecule has 0 bridgehead atoms. The summed E-state index contributed by atoms with van der Waals surface area (Å²) >= 11 is 0. The molecule has 0 aliphatic heterocycles. The maximum absolute atomic E-state index is 8.92. The molecule has 3 nitrogen and oxygen atoms in total. The van der Waals surface area contributed by atoms with Crippen molar-refractivity contribution in [2.75, 3.05) is 0 Å². The fraction of sp³-hybridized carbons (Fsp3) is 0.333. The van der Waals surface area contributed by atoms with Crippen LogP contribution in [0.3, 0.4) is 0 Å². The Morgan fingerprint density at radius 2 is 2.33 bits per heavy atom. The van der Waals surface area contributed by atoms with E-state index in [2.05, 4.69) is 23.0 Å². The zero-order valence-corrected chi connectivity index (χ0v) is 8.75. The topological polar surface area (TPSA) is 52.5 Å². The van der Waals surface area contributed by atoms with Gasteiger partial charge in [-0.05, 0) is 18.6 Å². The second kappa shape index (κ2) is 4.14. The molecule has 0 radical (unpaired) electrons. The summed E-state index contributed by atoms with van der Waals surface area (Å²) in [6.45, 7) is 2.16. The minimum Gasteiger partial charge on any atom is -0.342 e. The summed E-state index contributed by atoms with van der Waals surface area (Å²) < 4.78 is 0. The molecule has 3 heteroatoms. The van der Waals surface area contributed by atoms with E-state index in [-0.39, 0.29) is 0 Å². The van der Waals surface area contributed by atoms with Crippen LogP contribution < -0.4 is 0 Å². The van der Waals surface area contributed by atoms with Crippen molar-refractivity contribution in [1.82, 2.24) is 9.97 Å². The van der Waals surface area contributed by atoms with Gasteiger partial charge in [-0.15, -0.1) is 0 Å². The van der Waals surface area contributed by atoms with Crippen LogP contribution in [0.1, 0.15) is 31.2 Å². The molecule has 1 aromatic carbocycles. The third-order valence-corrected chi connectivity index (χ3v) is 2.45. The standard InChI is InChI=1S/C12H13N3/c1-2-3-7-11-14-10-6-4-5-9(8-13)12(10)15-11/h4-6H,2-3,7H2,1H3,(H,14,15). The first kappa shape index (κ1) is 9.72. The number of nitrogens with one attached hydrogen (secondary N) is 1. The highest BCUT2D eigenvalue weighted by molar-refractivity contribution is 5.81. The fourth-order valence-corrected chi connectivity index (χ4v) is 1.64. The third kappa shape index (κ3) is 1.84. The van der Waals surface area contributed by atoms with E-state index in [1.807, 2.05) is 12.1 Å². The summed E-state index contributed by atoms with van der Waals surface area (Å²) in [7, 11) is 0. The highest BCUT2D eigenvalue weighted by atomic mass is 14.9. The maximum Gasteiger partial charge on any atom is 0.107 e. The van der Waals surface area contributed by atoms with Crippen LogP contribution in [0.4, 0.5) is 0 Å². The number of aromatic amines is 1. The van der Waals surface area contributed by atoms with E-state index in [0.717, 1.165) is 36.1 Å². The number of rotatable bonds is 3. The second-order valence-electron chi connectivity index (χ2n) is 3.60. The van der Waals surface area contributed by atoms with Gasteiger partial charge in [-0.1, -0.05) is 19.4 Å². The van der Waals surface area contributed by atoms with Gasteiger partial charge in [0.2, 0.25) is 0 Å². The molecule has 0 aliphatic carbocycles. The lowest BCUT2D eigenvalue weighted by atomic mass is 10.2. The number of hydrogen-bond donors (Lipinski definition) is 1. The number of nitriles is 1. The summed E-state index contributed by atoms with van der Waals surface area (Å²) in [6.07, 6.45) is 3.24.